The number of aliphatic hydroxyl groups excluding tert-OH is 1. The monoisotopic (exact) mass is 266 g/mol. The van der Waals surface area contributed by atoms with Crippen molar-refractivity contribution in [3.05, 3.63) is 11.8 Å². The van der Waals surface area contributed by atoms with E-state index in [2.05, 4.69) is 17.9 Å². The molecule has 1 heterocycles. The van der Waals surface area contributed by atoms with Gasteiger partial charge in [-0.15, -0.1) is 0 Å². The molecular weight excluding hydrogens is 240 g/mol. The quantitative estimate of drug-likeness (QED) is 0.840. The van der Waals surface area contributed by atoms with E-state index in [9.17, 15) is 9.90 Å². The summed E-state index contributed by atoms with van der Waals surface area (Å²) in [6.07, 6.45) is 6.09. The number of amides is 1. The number of likely N-dealkylation sites (tertiary alicyclic amines) is 1. The Kier molecular flexibility index (Phi) is 4.99. The maximum atomic E-state index is 12.4. The lowest BCUT2D eigenvalue weighted by molar-refractivity contribution is -0.131. The van der Waals surface area contributed by atoms with E-state index in [0.717, 1.165) is 38.9 Å². The van der Waals surface area contributed by atoms with Crippen molar-refractivity contribution in [1.82, 2.24) is 9.80 Å². The number of carbonyl (C=O) groups is 1. The van der Waals surface area contributed by atoms with Crippen LogP contribution in [-0.4, -0.2) is 53.1 Å². The summed E-state index contributed by atoms with van der Waals surface area (Å²) in [4.78, 5) is 16.5. The van der Waals surface area contributed by atoms with Crippen molar-refractivity contribution in [2.75, 3.05) is 26.2 Å². The molecule has 0 spiro atoms. The number of hydrogen-bond donors (Lipinski definition) is 1. The van der Waals surface area contributed by atoms with E-state index in [1.165, 1.54) is 12.1 Å². The number of aliphatic hydroxyl groups is 1. The highest BCUT2D eigenvalue weighted by atomic mass is 16.3. The van der Waals surface area contributed by atoms with Crippen LogP contribution in [0.2, 0.25) is 0 Å². The molecule has 1 aliphatic heterocycles. The lowest BCUT2D eigenvalue weighted by atomic mass is 9.97. The van der Waals surface area contributed by atoms with E-state index < -0.39 is 0 Å². The molecule has 1 saturated heterocycles. The van der Waals surface area contributed by atoms with Gasteiger partial charge >= 0.3 is 0 Å². The van der Waals surface area contributed by atoms with Crippen molar-refractivity contribution >= 4 is 5.91 Å². The Hall–Kier alpha value is -0.870. The lowest BCUT2D eigenvalue weighted by Gasteiger charge is -2.35. The standard InChI is InChI=1S/C15H26N2O2/c1-3-17(13-6-4-5-7-13)15(19)11-16-9-8-14(18)12(2)10-16/h6,12,14,18H,3-5,7-11H2,1-2H3. The largest absolute Gasteiger partial charge is 0.393 e. The molecule has 2 unspecified atom stereocenters. The van der Waals surface area contributed by atoms with Gasteiger partial charge in [-0.1, -0.05) is 13.0 Å². The average Bonchev–Trinajstić information content (AvgIpc) is 2.88. The topological polar surface area (TPSA) is 43.8 Å². The van der Waals surface area contributed by atoms with Gasteiger partial charge < -0.3 is 10.0 Å². The van der Waals surface area contributed by atoms with Crippen LogP contribution >= 0.6 is 0 Å². The van der Waals surface area contributed by atoms with Gasteiger partial charge in [0.2, 0.25) is 5.91 Å². The Morgan fingerprint density at radius 1 is 1.58 bits per heavy atom. The normalized spacial score (nSPS) is 28.3. The molecule has 0 saturated carbocycles. The van der Waals surface area contributed by atoms with Crippen LogP contribution in [0, 0.1) is 5.92 Å². The minimum Gasteiger partial charge on any atom is -0.393 e. The van der Waals surface area contributed by atoms with Crippen LogP contribution in [0.1, 0.15) is 39.5 Å². The second-order valence-electron chi connectivity index (χ2n) is 5.79. The molecule has 0 aromatic carbocycles. The molecule has 108 valence electrons. The van der Waals surface area contributed by atoms with E-state index >= 15 is 0 Å². The molecule has 0 aromatic rings. The predicted octanol–water partition coefficient (Wildman–Crippen LogP) is 1.61. The molecule has 4 heteroatoms. The lowest BCUT2D eigenvalue weighted by Crippen LogP contribution is -2.47. The van der Waals surface area contributed by atoms with Gasteiger partial charge in [0.05, 0.1) is 12.6 Å². The van der Waals surface area contributed by atoms with Crippen LogP contribution in [-0.2, 0) is 4.79 Å². The van der Waals surface area contributed by atoms with Gasteiger partial charge in [-0.3, -0.25) is 9.69 Å². The van der Waals surface area contributed by atoms with Crippen LogP contribution in [0.4, 0.5) is 0 Å². The Labute approximate surface area is 116 Å². The maximum absolute atomic E-state index is 12.4. The summed E-state index contributed by atoms with van der Waals surface area (Å²) in [5, 5.41) is 9.73. The molecule has 2 rings (SSSR count). The van der Waals surface area contributed by atoms with E-state index in [1.54, 1.807) is 0 Å². The fourth-order valence-corrected chi connectivity index (χ4v) is 3.08. The van der Waals surface area contributed by atoms with Gasteiger partial charge in [-0.2, -0.15) is 0 Å². The molecule has 0 aromatic heterocycles. The number of carbonyl (C=O) groups excluding carboxylic acids is 1. The first-order chi connectivity index (χ1) is 9.11. The number of likely N-dealkylation sites (N-methyl/N-ethyl adjacent to an activating group) is 1. The molecule has 1 N–H and O–H groups in total. The van der Waals surface area contributed by atoms with E-state index in [-0.39, 0.29) is 17.9 Å². The van der Waals surface area contributed by atoms with Gasteiger partial charge in [-0.05, 0) is 38.5 Å². The summed E-state index contributed by atoms with van der Waals surface area (Å²) in [7, 11) is 0. The number of allylic oxidation sites excluding steroid dienone is 2. The smallest absolute Gasteiger partial charge is 0.240 e. The van der Waals surface area contributed by atoms with Crippen molar-refractivity contribution in [2.45, 2.75) is 45.6 Å². The van der Waals surface area contributed by atoms with Crippen molar-refractivity contribution in [2.24, 2.45) is 5.92 Å². The Morgan fingerprint density at radius 3 is 2.95 bits per heavy atom. The molecule has 1 amide bonds. The minimum absolute atomic E-state index is 0.203. The van der Waals surface area contributed by atoms with Crippen molar-refractivity contribution < 1.29 is 9.90 Å². The SMILES string of the molecule is CCN(C(=O)CN1CCC(O)C(C)C1)C1=CCCC1. The number of rotatable bonds is 4. The minimum atomic E-state index is -0.203. The molecule has 2 atom stereocenters. The summed E-state index contributed by atoms with van der Waals surface area (Å²) < 4.78 is 0. The fourth-order valence-electron chi connectivity index (χ4n) is 3.08. The summed E-state index contributed by atoms with van der Waals surface area (Å²) in [5.41, 5.74) is 1.21. The highest BCUT2D eigenvalue weighted by molar-refractivity contribution is 5.80. The Morgan fingerprint density at radius 2 is 2.37 bits per heavy atom. The molecule has 0 bridgehead atoms. The third kappa shape index (κ3) is 3.57. The maximum Gasteiger partial charge on any atom is 0.240 e. The van der Waals surface area contributed by atoms with Gasteiger partial charge in [0, 0.05) is 25.3 Å². The number of hydrogen-bond acceptors (Lipinski definition) is 3. The summed E-state index contributed by atoms with van der Waals surface area (Å²) in [6, 6.07) is 0. The van der Waals surface area contributed by atoms with E-state index in [4.69, 9.17) is 0 Å². The predicted molar refractivity (Wildman–Crippen MR) is 75.5 cm³/mol. The summed E-state index contributed by atoms with van der Waals surface area (Å²) in [6.45, 7) is 6.99. The zero-order valence-electron chi connectivity index (χ0n) is 12.1. The Balaban J connectivity index is 1.89. The average molecular weight is 266 g/mol. The Bertz CT molecular complexity index is 354. The van der Waals surface area contributed by atoms with Crippen LogP contribution in [0.5, 0.6) is 0 Å². The molecule has 2 aliphatic rings. The molecule has 0 radical (unpaired) electrons. The first-order valence-corrected chi connectivity index (χ1v) is 7.51. The van der Waals surface area contributed by atoms with Crippen molar-refractivity contribution in [1.29, 1.82) is 0 Å². The highest BCUT2D eigenvalue weighted by Gasteiger charge is 2.27. The second-order valence-corrected chi connectivity index (χ2v) is 5.79. The summed E-state index contributed by atoms with van der Waals surface area (Å²) >= 11 is 0. The van der Waals surface area contributed by atoms with Gasteiger partial charge in [-0.25, -0.2) is 0 Å². The third-order valence-electron chi connectivity index (χ3n) is 4.28. The number of nitrogens with zero attached hydrogens (tertiary/aromatic N) is 2. The first kappa shape index (κ1) is 14.5. The summed E-state index contributed by atoms with van der Waals surface area (Å²) in [5.74, 6) is 0.474. The zero-order valence-corrected chi connectivity index (χ0v) is 12.1. The first-order valence-electron chi connectivity index (χ1n) is 7.51. The molecule has 4 nitrogen and oxygen atoms in total. The van der Waals surface area contributed by atoms with E-state index in [0.29, 0.717) is 6.54 Å². The van der Waals surface area contributed by atoms with Gasteiger partial charge in [0.25, 0.3) is 0 Å². The zero-order chi connectivity index (χ0) is 13.8. The van der Waals surface area contributed by atoms with Crippen LogP contribution in [0.3, 0.4) is 0 Å². The molecule has 1 fully saturated rings. The fraction of sp³-hybridized carbons (Fsp3) is 0.800. The molecule has 1 aliphatic carbocycles. The van der Waals surface area contributed by atoms with Gasteiger partial charge in [0.1, 0.15) is 0 Å². The van der Waals surface area contributed by atoms with Crippen LogP contribution < -0.4 is 0 Å². The third-order valence-corrected chi connectivity index (χ3v) is 4.28. The highest BCUT2D eigenvalue weighted by Crippen LogP contribution is 2.22. The van der Waals surface area contributed by atoms with Crippen LogP contribution in [0.15, 0.2) is 11.8 Å². The van der Waals surface area contributed by atoms with Crippen molar-refractivity contribution in [3.63, 3.8) is 0 Å². The van der Waals surface area contributed by atoms with Gasteiger partial charge in [0.15, 0.2) is 0 Å². The van der Waals surface area contributed by atoms with E-state index in [1.807, 2.05) is 11.8 Å². The molecule has 19 heavy (non-hydrogen) atoms. The van der Waals surface area contributed by atoms with Crippen molar-refractivity contribution in [3.8, 4) is 0 Å². The number of piperidine rings is 1. The van der Waals surface area contributed by atoms with Crippen LogP contribution in [0.25, 0.3) is 0 Å². The molecular formula is C15H26N2O2. The second kappa shape index (κ2) is 6.53.